The zero-order valence-electron chi connectivity index (χ0n) is 17.5. The normalized spacial score (nSPS) is 13.1. The van der Waals surface area contributed by atoms with Crippen molar-refractivity contribution >= 4 is 22.8 Å². The van der Waals surface area contributed by atoms with Gasteiger partial charge in [0.2, 0.25) is 0 Å². The molecular weight excluding hydrogens is 356 g/mol. The number of aromatic amines is 1. The second kappa shape index (κ2) is 9.24. The Morgan fingerprint density at radius 1 is 1.25 bits per heavy atom. The molecule has 0 saturated heterocycles. The van der Waals surface area contributed by atoms with Crippen LogP contribution in [0.5, 0.6) is 0 Å². The third-order valence-corrected chi connectivity index (χ3v) is 4.60. The van der Waals surface area contributed by atoms with Crippen LogP contribution in [0.25, 0.3) is 10.9 Å². The molecule has 0 spiro atoms. The number of ether oxygens (including phenoxy) is 1. The Balaban J connectivity index is 2.42. The molecule has 6 heteroatoms. The highest BCUT2D eigenvalue weighted by Crippen LogP contribution is 2.33. The largest absolute Gasteiger partial charge is 0.481 e. The minimum atomic E-state index is -0.852. The monoisotopic (exact) mass is 388 g/mol. The maximum atomic E-state index is 13.0. The molecule has 0 amide bonds. The Bertz CT molecular complexity index is 818. The fourth-order valence-corrected chi connectivity index (χ4v) is 3.35. The lowest BCUT2D eigenvalue weighted by molar-refractivity contribution is -0.157. The number of fused-ring (bicyclic) bond motifs is 1. The molecule has 0 saturated carbocycles. The summed E-state index contributed by atoms with van der Waals surface area (Å²) in [6, 6.07) is 5.89. The number of H-pyrrole nitrogens is 1. The molecule has 1 aromatic carbocycles. The summed E-state index contributed by atoms with van der Waals surface area (Å²) in [6.45, 7) is 6.44. The van der Waals surface area contributed by atoms with Gasteiger partial charge in [-0.25, -0.2) is 0 Å². The molecular formula is C22H32N2O4. The average Bonchev–Trinajstić information content (AvgIpc) is 2.98. The van der Waals surface area contributed by atoms with Gasteiger partial charge in [-0.2, -0.15) is 0 Å². The molecule has 0 radical (unpaired) electrons. The van der Waals surface area contributed by atoms with E-state index in [4.69, 9.17) is 9.84 Å². The van der Waals surface area contributed by atoms with Gasteiger partial charge in [-0.15, -0.1) is 0 Å². The van der Waals surface area contributed by atoms with Crippen LogP contribution in [0.2, 0.25) is 0 Å². The van der Waals surface area contributed by atoms with Crippen LogP contribution in [0.3, 0.4) is 0 Å². The summed E-state index contributed by atoms with van der Waals surface area (Å²) in [4.78, 5) is 29.4. The number of likely N-dealkylation sites (N-methyl/N-ethyl adjacent to an activating group) is 1. The van der Waals surface area contributed by atoms with Gasteiger partial charge in [0.1, 0.15) is 5.60 Å². The SMILES string of the molecule is CN(C)CCc1c[nH]c2cccc(C(CCCC(=O)O)C(=O)OC(C)(C)C)c12. The van der Waals surface area contributed by atoms with Crippen molar-refractivity contribution in [3.63, 3.8) is 0 Å². The molecule has 2 aromatic rings. The van der Waals surface area contributed by atoms with Crippen LogP contribution in [-0.4, -0.2) is 53.2 Å². The van der Waals surface area contributed by atoms with E-state index in [2.05, 4.69) is 9.88 Å². The fourth-order valence-electron chi connectivity index (χ4n) is 3.35. The molecule has 2 N–H and O–H groups in total. The number of esters is 1. The molecule has 0 aliphatic heterocycles. The zero-order chi connectivity index (χ0) is 20.9. The Morgan fingerprint density at radius 2 is 1.96 bits per heavy atom. The smallest absolute Gasteiger partial charge is 0.313 e. The second-order valence-electron chi connectivity index (χ2n) is 8.51. The minimum Gasteiger partial charge on any atom is -0.481 e. The Morgan fingerprint density at radius 3 is 2.57 bits per heavy atom. The lowest BCUT2D eigenvalue weighted by atomic mass is 9.89. The van der Waals surface area contributed by atoms with Gasteiger partial charge in [-0.3, -0.25) is 9.59 Å². The first-order valence-corrected chi connectivity index (χ1v) is 9.76. The van der Waals surface area contributed by atoms with E-state index < -0.39 is 17.5 Å². The number of carboxylic acid groups (broad SMARTS) is 1. The Hall–Kier alpha value is -2.34. The highest BCUT2D eigenvalue weighted by molar-refractivity contribution is 5.92. The van der Waals surface area contributed by atoms with Gasteiger partial charge in [-0.1, -0.05) is 12.1 Å². The van der Waals surface area contributed by atoms with Gasteiger partial charge in [0.05, 0.1) is 5.92 Å². The predicted molar refractivity (Wildman–Crippen MR) is 111 cm³/mol. The van der Waals surface area contributed by atoms with Gasteiger partial charge in [0.15, 0.2) is 0 Å². The van der Waals surface area contributed by atoms with Crippen LogP contribution in [-0.2, 0) is 20.7 Å². The van der Waals surface area contributed by atoms with Crippen molar-refractivity contribution in [2.75, 3.05) is 20.6 Å². The van der Waals surface area contributed by atoms with Gasteiger partial charge in [0, 0.05) is 30.1 Å². The van der Waals surface area contributed by atoms with E-state index in [1.165, 1.54) is 0 Å². The molecule has 154 valence electrons. The van der Waals surface area contributed by atoms with Crippen LogP contribution in [0, 0.1) is 0 Å². The number of nitrogens with zero attached hydrogens (tertiary/aromatic N) is 1. The molecule has 0 bridgehead atoms. The first kappa shape index (κ1) is 22.0. The highest BCUT2D eigenvalue weighted by Gasteiger charge is 2.28. The summed E-state index contributed by atoms with van der Waals surface area (Å²) in [5, 5.41) is 10.1. The molecule has 0 fully saturated rings. The number of aromatic nitrogens is 1. The number of carbonyl (C=O) groups is 2. The van der Waals surface area contributed by atoms with E-state index in [1.54, 1.807) is 0 Å². The molecule has 1 atom stereocenters. The van der Waals surface area contributed by atoms with Gasteiger partial charge < -0.3 is 19.7 Å². The molecule has 0 aliphatic carbocycles. The molecule has 28 heavy (non-hydrogen) atoms. The van der Waals surface area contributed by atoms with E-state index >= 15 is 0 Å². The van der Waals surface area contributed by atoms with Crippen molar-refractivity contribution in [3.8, 4) is 0 Å². The number of rotatable bonds is 9. The van der Waals surface area contributed by atoms with Crippen molar-refractivity contribution in [2.45, 2.75) is 58.0 Å². The van der Waals surface area contributed by atoms with Crippen LogP contribution in [0.15, 0.2) is 24.4 Å². The summed E-state index contributed by atoms with van der Waals surface area (Å²) in [6.07, 6.45) is 3.77. The predicted octanol–water partition coefficient (Wildman–Crippen LogP) is 3.95. The van der Waals surface area contributed by atoms with Crippen LogP contribution < -0.4 is 0 Å². The van der Waals surface area contributed by atoms with Gasteiger partial charge in [0.25, 0.3) is 0 Å². The summed E-state index contributed by atoms with van der Waals surface area (Å²) in [5.41, 5.74) is 2.46. The fraction of sp³-hybridized carbons (Fsp3) is 0.545. The number of hydrogen-bond acceptors (Lipinski definition) is 4. The zero-order valence-corrected chi connectivity index (χ0v) is 17.5. The second-order valence-corrected chi connectivity index (χ2v) is 8.51. The molecule has 1 aromatic heterocycles. The van der Waals surface area contributed by atoms with Crippen molar-refractivity contribution in [1.29, 1.82) is 0 Å². The number of benzene rings is 1. The minimum absolute atomic E-state index is 0.0376. The number of hydrogen-bond donors (Lipinski definition) is 2. The van der Waals surface area contributed by atoms with Crippen LogP contribution in [0.4, 0.5) is 0 Å². The number of aliphatic carboxylic acids is 1. The number of carboxylic acids is 1. The van der Waals surface area contributed by atoms with E-state index in [1.807, 2.05) is 59.3 Å². The summed E-state index contributed by atoms with van der Waals surface area (Å²) in [7, 11) is 4.07. The van der Waals surface area contributed by atoms with Crippen molar-refractivity contribution in [1.82, 2.24) is 9.88 Å². The lowest BCUT2D eigenvalue weighted by Crippen LogP contribution is -2.28. The van der Waals surface area contributed by atoms with Gasteiger partial charge >= 0.3 is 11.9 Å². The standard InChI is InChI=1S/C22H32N2O4/c1-22(2,3)28-21(27)17(9-7-11-19(25)26)16-8-6-10-18-20(16)15(14-23-18)12-13-24(4)5/h6,8,10,14,17,23H,7,9,11-13H2,1-5H3,(H,25,26). The first-order valence-electron chi connectivity index (χ1n) is 9.76. The first-order chi connectivity index (χ1) is 13.1. The van der Waals surface area contributed by atoms with E-state index in [0.29, 0.717) is 12.8 Å². The Kier molecular flexibility index (Phi) is 7.24. The molecule has 1 unspecified atom stereocenters. The molecule has 6 nitrogen and oxygen atoms in total. The Labute approximate surface area is 166 Å². The highest BCUT2D eigenvalue weighted by atomic mass is 16.6. The van der Waals surface area contributed by atoms with E-state index in [0.717, 1.165) is 35.0 Å². The third-order valence-electron chi connectivity index (χ3n) is 4.60. The maximum Gasteiger partial charge on any atom is 0.313 e. The van der Waals surface area contributed by atoms with Gasteiger partial charge in [-0.05, 0) is 71.3 Å². The van der Waals surface area contributed by atoms with Crippen LogP contribution in [0.1, 0.15) is 57.1 Å². The quantitative estimate of drug-likeness (QED) is 0.636. The average molecular weight is 389 g/mol. The van der Waals surface area contributed by atoms with E-state index in [9.17, 15) is 9.59 Å². The number of carbonyl (C=O) groups excluding carboxylic acids is 1. The van der Waals surface area contributed by atoms with Crippen LogP contribution >= 0.6 is 0 Å². The summed E-state index contributed by atoms with van der Waals surface area (Å²) < 4.78 is 5.67. The lowest BCUT2D eigenvalue weighted by Gasteiger charge is -2.25. The van der Waals surface area contributed by atoms with Crippen molar-refractivity contribution in [2.24, 2.45) is 0 Å². The van der Waals surface area contributed by atoms with Crippen molar-refractivity contribution in [3.05, 3.63) is 35.5 Å². The topological polar surface area (TPSA) is 82.6 Å². The molecule has 0 aliphatic rings. The van der Waals surface area contributed by atoms with E-state index in [-0.39, 0.29) is 12.4 Å². The molecule has 2 rings (SSSR count). The third kappa shape index (κ3) is 6.09. The summed E-state index contributed by atoms with van der Waals surface area (Å²) >= 11 is 0. The van der Waals surface area contributed by atoms with Crippen molar-refractivity contribution < 1.29 is 19.4 Å². The molecule has 1 heterocycles. The summed E-state index contributed by atoms with van der Waals surface area (Å²) in [5.74, 6) is -1.64. The number of nitrogens with one attached hydrogen (secondary N) is 1. The maximum absolute atomic E-state index is 13.0.